The van der Waals surface area contributed by atoms with E-state index in [4.69, 9.17) is 13.7 Å². The minimum absolute atomic E-state index is 0.0806. The number of aromatic nitrogens is 3. The molecule has 1 N–H and O–H groups in total. The van der Waals surface area contributed by atoms with Gasteiger partial charge in [0.05, 0.1) is 13.7 Å². The SMILES string of the molecule is COc1ccc(-c2ccc(C(=O)NCc3nc(-c4ccccn4)no3)o2)cc1. The number of hydrogen-bond acceptors (Lipinski definition) is 7. The second-order valence-electron chi connectivity index (χ2n) is 5.80. The second-order valence-corrected chi connectivity index (χ2v) is 5.80. The summed E-state index contributed by atoms with van der Waals surface area (Å²) in [6.45, 7) is 0.0806. The number of rotatable bonds is 6. The van der Waals surface area contributed by atoms with Crippen molar-refractivity contribution in [3.8, 4) is 28.6 Å². The first kappa shape index (κ1) is 17.5. The largest absolute Gasteiger partial charge is 0.497 e. The van der Waals surface area contributed by atoms with Gasteiger partial charge in [-0.05, 0) is 48.5 Å². The third kappa shape index (κ3) is 3.75. The van der Waals surface area contributed by atoms with Crippen molar-refractivity contribution in [3.05, 3.63) is 72.4 Å². The lowest BCUT2D eigenvalue weighted by Gasteiger charge is -2.01. The van der Waals surface area contributed by atoms with Crippen LogP contribution in [0.1, 0.15) is 16.4 Å². The normalized spacial score (nSPS) is 10.6. The highest BCUT2D eigenvalue weighted by atomic mass is 16.5. The van der Waals surface area contributed by atoms with Crippen molar-refractivity contribution in [2.24, 2.45) is 0 Å². The maximum atomic E-state index is 12.3. The Morgan fingerprint density at radius 1 is 1.11 bits per heavy atom. The number of hydrogen-bond donors (Lipinski definition) is 1. The van der Waals surface area contributed by atoms with Gasteiger partial charge in [0.1, 0.15) is 17.2 Å². The molecule has 4 aromatic rings. The van der Waals surface area contributed by atoms with E-state index in [1.54, 1.807) is 37.6 Å². The monoisotopic (exact) mass is 376 g/mol. The van der Waals surface area contributed by atoms with Gasteiger partial charge in [-0.25, -0.2) is 0 Å². The molecule has 8 heteroatoms. The minimum atomic E-state index is -0.377. The molecule has 1 aromatic carbocycles. The molecule has 0 aliphatic rings. The van der Waals surface area contributed by atoms with Crippen molar-refractivity contribution in [1.29, 1.82) is 0 Å². The maximum absolute atomic E-state index is 12.3. The lowest BCUT2D eigenvalue weighted by molar-refractivity contribution is 0.0919. The number of pyridine rings is 1. The van der Waals surface area contributed by atoms with Crippen molar-refractivity contribution in [3.63, 3.8) is 0 Å². The molecular weight excluding hydrogens is 360 g/mol. The number of nitrogens with one attached hydrogen (secondary N) is 1. The van der Waals surface area contributed by atoms with Crippen LogP contribution in [0.2, 0.25) is 0 Å². The van der Waals surface area contributed by atoms with Crippen molar-refractivity contribution in [1.82, 2.24) is 20.4 Å². The van der Waals surface area contributed by atoms with Crippen LogP contribution in [0, 0.1) is 0 Å². The van der Waals surface area contributed by atoms with E-state index in [0.29, 0.717) is 17.3 Å². The molecule has 28 heavy (non-hydrogen) atoms. The molecule has 1 amide bonds. The fourth-order valence-corrected chi connectivity index (χ4v) is 2.54. The van der Waals surface area contributed by atoms with Crippen LogP contribution < -0.4 is 10.1 Å². The number of benzene rings is 1. The Bertz CT molecular complexity index is 1070. The number of ether oxygens (including phenoxy) is 1. The van der Waals surface area contributed by atoms with E-state index < -0.39 is 0 Å². The van der Waals surface area contributed by atoms with Crippen LogP contribution in [0.5, 0.6) is 5.75 Å². The minimum Gasteiger partial charge on any atom is -0.497 e. The first-order valence-electron chi connectivity index (χ1n) is 8.49. The van der Waals surface area contributed by atoms with Crippen LogP contribution in [-0.2, 0) is 6.54 Å². The van der Waals surface area contributed by atoms with E-state index >= 15 is 0 Å². The zero-order chi connectivity index (χ0) is 19.3. The Balaban J connectivity index is 1.39. The van der Waals surface area contributed by atoms with Gasteiger partial charge in [0.25, 0.3) is 5.91 Å². The number of methoxy groups -OCH3 is 1. The summed E-state index contributed by atoms with van der Waals surface area (Å²) in [6, 6.07) is 16.1. The molecule has 8 nitrogen and oxygen atoms in total. The molecule has 4 rings (SSSR count). The molecule has 3 heterocycles. The number of carbonyl (C=O) groups excluding carboxylic acids is 1. The Labute approximate surface area is 160 Å². The van der Waals surface area contributed by atoms with Gasteiger partial charge in [-0.15, -0.1) is 0 Å². The quantitative estimate of drug-likeness (QED) is 0.550. The molecule has 0 saturated heterocycles. The Hall–Kier alpha value is -3.94. The van der Waals surface area contributed by atoms with Crippen LogP contribution in [-0.4, -0.2) is 28.1 Å². The summed E-state index contributed by atoms with van der Waals surface area (Å²) in [6.07, 6.45) is 1.64. The molecule has 0 bridgehead atoms. The second kappa shape index (κ2) is 7.75. The number of amides is 1. The molecule has 3 aromatic heterocycles. The van der Waals surface area contributed by atoms with Crippen LogP contribution >= 0.6 is 0 Å². The first-order valence-corrected chi connectivity index (χ1v) is 8.49. The fraction of sp³-hybridized carbons (Fsp3) is 0.100. The van der Waals surface area contributed by atoms with Crippen LogP contribution in [0.4, 0.5) is 0 Å². The van der Waals surface area contributed by atoms with Gasteiger partial charge in [-0.3, -0.25) is 9.78 Å². The highest BCUT2D eigenvalue weighted by molar-refractivity contribution is 5.92. The lowest BCUT2D eigenvalue weighted by Crippen LogP contribution is -2.22. The standard InChI is InChI=1S/C20H16N4O4/c1-26-14-7-5-13(6-8-14)16-9-10-17(27-16)20(25)22-12-18-23-19(24-28-18)15-4-2-3-11-21-15/h2-11H,12H2,1H3,(H,22,25). The third-order valence-electron chi connectivity index (χ3n) is 3.97. The van der Waals surface area contributed by atoms with E-state index in [2.05, 4.69) is 20.4 Å². The zero-order valence-corrected chi connectivity index (χ0v) is 15.0. The molecule has 0 aliphatic heterocycles. The van der Waals surface area contributed by atoms with Crippen molar-refractivity contribution in [2.75, 3.05) is 7.11 Å². The molecule has 0 fully saturated rings. The van der Waals surface area contributed by atoms with E-state index in [1.165, 1.54) is 0 Å². The van der Waals surface area contributed by atoms with Crippen molar-refractivity contribution < 1.29 is 18.5 Å². The molecule has 0 saturated carbocycles. The summed E-state index contributed by atoms with van der Waals surface area (Å²) in [4.78, 5) is 20.7. The molecule has 0 unspecified atom stereocenters. The lowest BCUT2D eigenvalue weighted by atomic mass is 10.2. The Kier molecular flexibility index (Phi) is 4.83. The number of carbonyl (C=O) groups is 1. The van der Waals surface area contributed by atoms with Crippen LogP contribution in [0.3, 0.4) is 0 Å². The number of furan rings is 1. The smallest absolute Gasteiger partial charge is 0.287 e. The van der Waals surface area contributed by atoms with E-state index in [-0.39, 0.29) is 24.1 Å². The summed E-state index contributed by atoms with van der Waals surface area (Å²) in [5.41, 5.74) is 1.44. The summed E-state index contributed by atoms with van der Waals surface area (Å²) < 4.78 is 15.9. The Morgan fingerprint density at radius 3 is 2.71 bits per heavy atom. The van der Waals surface area contributed by atoms with Crippen LogP contribution in [0.25, 0.3) is 22.8 Å². The predicted octanol–water partition coefficient (Wildman–Crippen LogP) is 3.33. The molecule has 0 spiro atoms. The molecule has 0 radical (unpaired) electrons. The topological polar surface area (TPSA) is 103 Å². The van der Waals surface area contributed by atoms with Crippen LogP contribution in [0.15, 0.2) is 69.7 Å². The average molecular weight is 376 g/mol. The van der Waals surface area contributed by atoms with Gasteiger partial charge < -0.3 is 19.0 Å². The number of nitrogens with zero attached hydrogens (tertiary/aromatic N) is 3. The van der Waals surface area contributed by atoms with Gasteiger partial charge >= 0.3 is 0 Å². The summed E-state index contributed by atoms with van der Waals surface area (Å²) in [5.74, 6) is 1.79. The summed E-state index contributed by atoms with van der Waals surface area (Å²) >= 11 is 0. The Morgan fingerprint density at radius 2 is 1.96 bits per heavy atom. The molecule has 140 valence electrons. The van der Waals surface area contributed by atoms with Gasteiger partial charge in [0.2, 0.25) is 11.7 Å². The predicted molar refractivity (Wildman–Crippen MR) is 99.4 cm³/mol. The third-order valence-corrected chi connectivity index (χ3v) is 3.97. The van der Waals surface area contributed by atoms with Gasteiger partial charge in [-0.2, -0.15) is 4.98 Å². The molecule has 0 atom stereocenters. The zero-order valence-electron chi connectivity index (χ0n) is 15.0. The van der Waals surface area contributed by atoms with Gasteiger partial charge in [-0.1, -0.05) is 11.2 Å². The van der Waals surface area contributed by atoms with Crippen molar-refractivity contribution >= 4 is 5.91 Å². The summed E-state index contributed by atoms with van der Waals surface area (Å²) in [5, 5.41) is 6.56. The fourth-order valence-electron chi connectivity index (χ4n) is 2.54. The van der Waals surface area contributed by atoms with E-state index in [0.717, 1.165) is 11.3 Å². The van der Waals surface area contributed by atoms with Gasteiger partial charge in [0.15, 0.2) is 5.76 Å². The highest BCUT2D eigenvalue weighted by Crippen LogP contribution is 2.24. The maximum Gasteiger partial charge on any atom is 0.287 e. The van der Waals surface area contributed by atoms with E-state index in [1.807, 2.05) is 30.3 Å². The molecule has 0 aliphatic carbocycles. The van der Waals surface area contributed by atoms with Gasteiger partial charge in [0, 0.05) is 11.8 Å². The molecular formula is C20H16N4O4. The highest BCUT2D eigenvalue weighted by Gasteiger charge is 2.15. The first-order chi connectivity index (χ1) is 13.7. The average Bonchev–Trinajstić information content (AvgIpc) is 3.43. The summed E-state index contributed by atoms with van der Waals surface area (Å²) in [7, 11) is 1.60. The van der Waals surface area contributed by atoms with E-state index in [9.17, 15) is 4.79 Å². The van der Waals surface area contributed by atoms with Crippen molar-refractivity contribution in [2.45, 2.75) is 6.54 Å².